The molecule has 2 atom stereocenters. The molecule has 110 valence electrons. The van der Waals surface area contributed by atoms with Crippen LogP contribution in [0.3, 0.4) is 0 Å². The summed E-state index contributed by atoms with van der Waals surface area (Å²) in [5.41, 5.74) is 3.81. The Morgan fingerprint density at radius 1 is 1.30 bits per heavy atom. The van der Waals surface area contributed by atoms with E-state index in [4.69, 9.17) is 0 Å². The minimum absolute atomic E-state index is 0.313. The van der Waals surface area contributed by atoms with Gasteiger partial charge in [-0.15, -0.1) is 0 Å². The standard InChI is InChI=1S/C17H26N2O/c1-11-4-7-15(20)17-14(10-12(2)16(11)17)18-8-9-19(3)13-5-6-13/h4,7,12-14,18,20H,5-6,8-10H2,1-3H3. The maximum absolute atomic E-state index is 10.2. The lowest BCUT2D eigenvalue weighted by molar-refractivity contribution is 0.312. The number of rotatable bonds is 5. The van der Waals surface area contributed by atoms with Crippen LogP contribution in [0.25, 0.3) is 0 Å². The van der Waals surface area contributed by atoms with E-state index in [9.17, 15) is 5.11 Å². The van der Waals surface area contributed by atoms with Crippen molar-refractivity contribution in [1.29, 1.82) is 0 Å². The van der Waals surface area contributed by atoms with Crippen LogP contribution >= 0.6 is 0 Å². The molecular formula is C17H26N2O. The molecule has 3 rings (SSSR count). The molecule has 20 heavy (non-hydrogen) atoms. The second-order valence-corrected chi connectivity index (χ2v) is 6.58. The van der Waals surface area contributed by atoms with Gasteiger partial charge in [0.2, 0.25) is 0 Å². The topological polar surface area (TPSA) is 35.5 Å². The fourth-order valence-corrected chi connectivity index (χ4v) is 3.64. The number of nitrogens with one attached hydrogen (secondary N) is 1. The molecule has 0 aromatic heterocycles. The van der Waals surface area contributed by atoms with E-state index in [0.717, 1.165) is 31.1 Å². The van der Waals surface area contributed by atoms with Crippen molar-refractivity contribution < 1.29 is 5.11 Å². The molecule has 2 unspecified atom stereocenters. The highest BCUT2D eigenvalue weighted by Crippen LogP contribution is 2.45. The Morgan fingerprint density at radius 2 is 2.05 bits per heavy atom. The summed E-state index contributed by atoms with van der Waals surface area (Å²) in [4.78, 5) is 2.45. The van der Waals surface area contributed by atoms with Crippen molar-refractivity contribution in [3.05, 3.63) is 28.8 Å². The first-order chi connectivity index (χ1) is 9.58. The van der Waals surface area contributed by atoms with Gasteiger partial charge in [0.1, 0.15) is 5.75 Å². The van der Waals surface area contributed by atoms with Gasteiger partial charge in [-0.25, -0.2) is 0 Å². The van der Waals surface area contributed by atoms with Crippen LogP contribution in [0.15, 0.2) is 12.1 Å². The molecular weight excluding hydrogens is 248 g/mol. The predicted octanol–water partition coefficient (Wildman–Crippen LogP) is 2.93. The number of fused-ring (bicyclic) bond motifs is 1. The fraction of sp³-hybridized carbons (Fsp3) is 0.647. The molecule has 2 aliphatic carbocycles. The molecule has 3 nitrogen and oxygen atoms in total. The van der Waals surface area contributed by atoms with E-state index in [1.54, 1.807) is 0 Å². The molecule has 0 spiro atoms. The Labute approximate surface area is 122 Å². The van der Waals surface area contributed by atoms with Gasteiger partial charge in [-0.05, 0) is 56.3 Å². The van der Waals surface area contributed by atoms with Crippen molar-refractivity contribution in [2.75, 3.05) is 20.1 Å². The minimum Gasteiger partial charge on any atom is -0.508 e. The monoisotopic (exact) mass is 274 g/mol. The van der Waals surface area contributed by atoms with Crippen LogP contribution in [-0.4, -0.2) is 36.2 Å². The van der Waals surface area contributed by atoms with Crippen LogP contribution in [-0.2, 0) is 0 Å². The number of hydrogen-bond acceptors (Lipinski definition) is 3. The molecule has 0 heterocycles. The molecule has 2 aliphatic rings. The number of aryl methyl sites for hydroxylation is 1. The van der Waals surface area contributed by atoms with E-state index in [1.807, 2.05) is 12.1 Å². The Kier molecular flexibility index (Phi) is 3.74. The predicted molar refractivity (Wildman–Crippen MR) is 82.3 cm³/mol. The lowest BCUT2D eigenvalue weighted by Crippen LogP contribution is -2.32. The zero-order chi connectivity index (χ0) is 14.3. The van der Waals surface area contributed by atoms with Gasteiger partial charge in [0.15, 0.2) is 0 Å². The fourth-order valence-electron chi connectivity index (χ4n) is 3.64. The third-order valence-electron chi connectivity index (χ3n) is 4.94. The maximum Gasteiger partial charge on any atom is 0.120 e. The Hall–Kier alpha value is -1.06. The van der Waals surface area contributed by atoms with Crippen molar-refractivity contribution in [2.24, 2.45) is 0 Å². The van der Waals surface area contributed by atoms with Gasteiger partial charge >= 0.3 is 0 Å². The lowest BCUT2D eigenvalue weighted by Gasteiger charge is -2.20. The summed E-state index contributed by atoms with van der Waals surface area (Å²) in [7, 11) is 2.21. The van der Waals surface area contributed by atoms with Crippen molar-refractivity contribution in [1.82, 2.24) is 10.2 Å². The van der Waals surface area contributed by atoms with E-state index < -0.39 is 0 Å². The number of phenolic OH excluding ortho intramolecular Hbond substituents is 1. The summed E-state index contributed by atoms with van der Waals surface area (Å²) >= 11 is 0. The minimum atomic E-state index is 0.313. The van der Waals surface area contributed by atoms with Crippen molar-refractivity contribution >= 4 is 0 Å². The van der Waals surface area contributed by atoms with Gasteiger partial charge in [0, 0.05) is 30.7 Å². The normalized spacial score (nSPS) is 25.2. The van der Waals surface area contributed by atoms with Crippen LogP contribution in [0, 0.1) is 6.92 Å². The highest BCUT2D eigenvalue weighted by atomic mass is 16.3. The van der Waals surface area contributed by atoms with E-state index in [1.165, 1.54) is 24.0 Å². The highest BCUT2D eigenvalue weighted by Gasteiger charge is 2.32. The third kappa shape index (κ3) is 2.57. The molecule has 0 bridgehead atoms. The van der Waals surface area contributed by atoms with E-state index in [-0.39, 0.29) is 0 Å². The number of hydrogen-bond donors (Lipinski definition) is 2. The highest BCUT2D eigenvalue weighted by molar-refractivity contribution is 5.50. The average molecular weight is 274 g/mol. The van der Waals surface area contributed by atoms with Crippen molar-refractivity contribution in [2.45, 2.75) is 51.1 Å². The van der Waals surface area contributed by atoms with Crippen LogP contribution in [0.4, 0.5) is 0 Å². The zero-order valence-electron chi connectivity index (χ0n) is 12.8. The Balaban J connectivity index is 1.66. The second kappa shape index (κ2) is 5.38. The molecule has 1 saturated carbocycles. The number of aromatic hydroxyl groups is 1. The van der Waals surface area contributed by atoms with Crippen molar-refractivity contribution in [3.63, 3.8) is 0 Å². The SMILES string of the molecule is Cc1ccc(O)c2c1C(C)CC2NCCN(C)C1CC1. The van der Waals surface area contributed by atoms with E-state index >= 15 is 0 Å². The number of nitrogens with zero attached hydrogens (tertiary/aromatic N) is 1. The third-order valence-corrected chi connectivity index (χ3v) is 4.94. The number of likely N-dealkylation sites (N-methyl/N-ethyl adjacent to an activating group) is 1. The maximum atomic E-state index is 10.2. The first-order valence-electron chi connectivity index (χ1n) is 7.84. The smallest absolute Gasteiger partial charge is 0.120 e. The summed E-state index contributed by atoms with van der Waals surface area (Å²) in [6.07, 6.45) is 3.82. The van der Waals surface area contributed by atoms with Gasteiger partial charge < -0.3 is 15.3 Å². The Bertz CT molecular complexity index is 496. The zero-order valence-corrected chi connectivity index (χ0v) is 12.8. The number of phenols is 1. The summed E-state index contributed by atoms with van der Waals surface area (Å²) in [5, 5.41) is 13.8. The lowest BCUT2D eigenvalue weighted by atomic mass is 9.97. The largest absolute Gasteiger partial charge is 0.508 e. The van der Waals surface area contributed by atoms with Gasteiger partial charge in [-0.1, -0.05) is 13.0 Å². The quantitative estimate of drug-likeness (QED) is 0.866. The van der Waals surface area contributed by atoms with E-state index in [2.05, 4.69) is 31.1 Å². The first kappa shape index (κ1) is 13.9. The van der Waals surface area contributed by atoms with Gasteiger partial charge in [0.05, 0.1) is 0 Å². The molecule has 1 aromatic carbocycles. The Morgan fingerprint density at radius 3 is 2.75 bits per heavy atom. The van der Waals surface area contributed by atoms with E-state index in [0.29, 0.717) is 17.7 Å². The summed E-state index contributed by atoms with van der Waals surface area (Å²) in [6.45, 7) is 6.51. The molecule has 0 amide bonds. The summed E-state index contributed by atoms with van der Waals surface area (Å²) < 4.78 is 0. The van der Waals surface area contributed by atoms with Gasteiger partial charge in [0.25, 0.3) is 0 Å². The van der Waals surface area contributed by atoms with Crippen LogP contribution < -0.4 is 5.32 Å². The second-order valence-electron chi connectivity index (χ2n) is 6.58. The molecule has 0 radical (unpaired) electrons. The molecule has 3 heteroatoms. The first-order valence-corrected chi connectivity index (χ1v) is 7.84. The average Bonchev–Trinajstić information content (AvgIpc) is 3.19. The molecule has 1 fully saturated rings. The van der Waals surface area contributed by atoms with Crippen molar-refractivity contribution in [3.8, 4) is 5.75 Å². The summed E-state index contributed by atoms with van der Waals surface area (Å²) in [6, 6.07) is 5.01. The van der Waals surface area contributed by atoms with Crippen LogP contribution in [0.2, 0.25) is 0 Å². The molecule has 0 saturated heterocycles. The van der Waals surface area contributed by atoms with Crippen LogP contribution in [0.5, 0.6) is 5.75 Å². The van der Waals surface area contributed by atoms with Crippen LogP contribution in [0.1, 0.15) is 54.8 Å². The molecule has 0 aliphatic heterocycles. The number of benzene rings is 1. The summed E-state index contributed by atoms with van der Waals surface area (Å²) in [5.74, 6) is 0.999. The van der Waals surface area contributed by atoms with Gasteiger partial charge in [-0.2, -0.15) is 0 Å². The molecule has 1 aromatic rings. The molecule has 2 N–H and O–H groups in total. The van der Waals surface area contributed by atoms with Gasteiger partial charge in [-0.3, -0.25) is 0 Å².